The van der Waals surface area contributed by atoms with Crippen LogP contribution in [-0.4, -0.2) is 19.6 Å². The summed E-state index contributed by atoms with van der Waals surface area (Å²) >= 11 is 6.31. The van der Waals surface area contributed by atoms with E-state index in [2.05, 4.69) is 21.1 Å². The molecule has 0 bridgehead atoms. The van der Waals surface area contributed by atoms with E-state index in [9.17, 15) is 4.79 Å². The van der Waals surface area contributed by atoms with Crippen LogP contribution >= 0.6 is 45.8 Å². The van der Waals surface area contributed by atoms with Gasteiger partial charge in [0.2, 0.25) is 4.96 Å². The fourth-order valence-corrected chi connectivity index (χ4v) is 6.16. The molecule has 0 aliphatic rings. The van der Waals surface area contributed by atoms with Crippen molar-refractivity contribution >= 4 is 60.9 Å². The molecule has 1 aromatic carbocycles. The second-order valence-corrected chi connectivity index (χ2v) is 9.56. The van der Waals surface area contributed by atoms with Crippen molar-refractivity contribution < 1.29 is 0 Å². The second-order valence-electron chi connectivity index (χ2n) is 5.40. The first kappa shape index (κ1) is 16.1. The lowest BCUT2D eigenvalue weighted by molar-refractivity contribution is 0.893. The van der Waals surface area contributed by atoms with Crippen LogP contribution in [0.3, 0.4) is 0 Å². The predicted octanol–water partition coefficient (Wildman–Crippen LogP) is 4.78. The van der Waals surface area contributed by atoms with E-state index in [0.717, 1.165) is 25.4 Å². The molecule has 26 heavy (non-hydrogen) atoms. The highest BCUT2D eigenvalue weighted by atomic mass is 32.2. The number of thiazole rings is 1. The molecule has 5 rings (SSSR count). The van der Waals surface area contributed by atoms with Gasteiger partial charge in [-0.25, -0.2) is 9.97 Å². The second kappa shape index (κ2) is 6.58. The first-order chi connectivity index (χ1) is 12.8. The monoisotopic (exact) mass is 414 g/mol. The van der Waals surface area contributed by atoms with Crippen LogP contribution in [0.4, 0.5) is 0 Å². The number of thiophene rings is 1. The van der Waals surface area contributed by atoms with Gasteiger partial charge in [-0.15, -0.1) is 22.7 Å². The van der Waals surface area contributed by atoms with Gasteiger partial charge in [0.05, 0.1) is 20.8 Å². The minimum atomic E-state index is -0.144. The average Bonchev–Trinajstić information content (AvgIpc) is 3.37. The Hall–Kier alpha value is -2.07. The Kier molecular flexibility index (Phi) is 4.08. The topological polar surface area (TPSA) is 60.2 Å². The lowest BCUT2D eigenvalue weighted by Crippen LogP contribution is -2.15. The minimum Gasteiger partial charge on any atom is -0.267 e. The van der Waals surface area contributed by atoms with Crippen LogP contribution in [0.15, 0.2) is 57.0 Å². The maximum absolute atomic E-state index is 12.4. The molecule has 0 aliphatic carbocycles. The zero-order chi connectivity index (χ0) is 17.5. The quantitative estimate of drug-likeness (QED) is 0.396. The summed E-state index contributed by atoms with van der Waals surface area (Å²) in [6.07, 6.45) is 0. The molecule has 0 amide bonds. The zero-order valence-electron chi connectivity index (χ0n) is 13.2. The van der Waals surface area contributed by atoms with Crippen molar-refractivity contribution in [1.82, 2.24) is 19.6 Å². The number of rotatable bonds is 4. The maximum atomic E-state index is 12.4. The van der Waals surface area contributed by atoms with Gasteiger partial charge in [-0.1, -0.05) is 41.3 Å². The van der Waals surface area contributed by atoms with Gasteiger partial charge in [-0.3, -0.25) is 4.79 Å². The molecule has 4 heterocycles. The van der Waals surface area contributed by atoms with Crippen molar-refractivity contribution in [1.29, 1.82) is 0 Å². The molecule has 0 unspecified atom stereocenters. The highest BCUT2D eigenvalue weighted by Crippen LogP contribution is 2.32. The highest BCUT2D eigenvalue weighted by molar-refractivity contribution is 8.00. The van der Waals surface area contributed by atoms with Gasteiger partial charge >= 0.3 is 0 Å². The molecule has 9 heteroatoms. The fraction of sp³-hybridized carbons (Fsp3) is 0.0588. The molecule has 0 saturated heterocycles. The molecule has 5 nitrogen and oxygen atoms in total. The molecule has 0 spiro atoms. The molecule has 0 atom stereocenters. The van der Waals surface area contributed by atoms with E-state index in [1.165, 1.54) is 20.6 Å². The predicted molar refractivity (Wildman–Crippen MR) is 110 cm³/mol. The number of para-hydroxylation sites is 1. The third-order valence-corrected chi connectivity index (χ3v) is 7.81. The van der Waals surface area contributed by atoms with Gasteiger partial charge in [0.1, 0.15) is 0 Å². The molecule has 0 fully saturated rings. The Bertz CT molecular complexity index is 1240. The highest BCUT2D eigenvalue weighted by Gasteiger charge is 2.12. The number of fused-ring (bicyclic) bond motifs is 2. The summed E-state index contributed by atoms with van der Waals surface area (Å²) in [5.41, 5.74) is 1.61. The van der Waals surface area contributed by atoms with Gasteiger partial charge in [0.15, 0.2) is 9.35 Å². The summed E-state index contributed by atoms with van der Waals surface area (Å²) in [6.45, 7) is 0. The van der Waals surface area contributed by atoms with E-state index >= 15 is 0 Å². The van der Waals surface area contributed by atoms with Gasteiger partial charge in [0, 0.05) is 11.8 Å². The van der Waals surface area contributed by atoms with Gasteiger partial charge in [0.25, 0.3) is 5.56 Å². The molecule has 0 saturated carbocycles. The normalized spacial score (nSPS) is 11.5. The summed E-state index contributed by atoms with van der Waals surface area (Å²) in [5, 5.41) is 7.21. The Morgan fingerprint density at radius 2 is 2.00 bits per heavy atom. The van der Waals surface area contributed by atoms with E-state index in [4.69, 9.17) is 0 Å². The summed E-state index contributed by atoms with van der Waals surface area (Å²) in [4.78, 5) is 23.3. The standard InChI is InChI=1S/C17H10N4OS4/c22-14-8-10(9-24-17-19-11-4-1-2-5-12(11)25-17)18-16-21(14)20-15(26-16)13-6-3-7-23-13/h1-8H,9H2. The van der Waals surface area contributed by atoms with Crippen molar-refractivity contribution in [2.45, 2.75) is 10.1 Å². The number of benzene rings is 1. The summed E-state index contributed by atoms with van der Waals surface area (Å²) in [7, 11) is 0. The van der Waals surface area contributed by atoms with Crippen molar-refractivity contribution in [3.05, 3.63) is 63.9 Å². The largest absolute Gasteiger partial charge is 0.275 e. The SMILES string of the molecule is O=c1cc(CSc2nc3ccccc3s2)nc2sc(-c3cccs3)nn12. The Morgan fingerprint density at radius 3 is 2.85 bits per heavy atom. The Labute approximate surface area is 164 Å². The number of thioether (sulfide) groups is 1. The summed E-state index contributed by atoms with van der Waals surface area (Å²) in [5.74, 6) is 0.609. The van der Waals surface area contributed by atoms with Crippen molar-refractivity contribution in [3.63, 3.8) is 0 Å². The maximum Gasteiger partial charge on any atom is 0.275 e. The van der Waals surface area contributed by atoms with Gasteiger partial charge in [-0.2, -0.15) is 9.61 Å². The number of hydrogen-bond acceptors (Lipinski definition) is 8. The van der Waals surface area contributed by atoms with Crippen molar-refractivity contribution in [3.8, 4) is 9.88 Å². The Balaban J connectivity index is 1.44. The molecule has 0 radical (unpaired) electrons. The van der Waals surface area contributed by atoms with Crippen LogP contribution in [-0.2, 0) is 5.75 Å². The summed E-state index contributed by atoms with van der Waals surface area (Å²) < 4.78 is 3.53. The molecule has 4 aromatic heterocycles. The van der Waals surface area contributed by atoms with Crippen molar-refractivity contribution in [2.24, 2.45) is 0 Å². The van der Waals surface area contributed by atoms with Crippen LogP contribution in [0.2, 0.25) is 0 Å². The van der Waals surface area contributed by atoms with Crippen LogP contribution in [0, 0.1) is 0 Å². The van der Waals surface area contributed by atoms with Crippen LogP contribution in [0.25, 0.3) is 25.1 Å². The first-order valence-corrected chi connectivity index (χ1v) is 11.2. The molecule has 5 aromatic rings. The zero-order valence-corrected chi connectivity index (χ0v) is 16.4. The average molecular weight is 415 g/mol. The number of nitrogens with zero attached hydrogens (tertiary/aromatic N) is 4. The van der Waals surface area contributed by atoms with Crippen molar-refractivity contribution in [2.75, 3.05) is 0 Å². The van der Waals surface area contributed by atoms with E-state index in [1.807, 2.05) is 35.7 Å². The smallest absolute Gasteiger partial charge is 0.267 e. The summed E-state index contributed by atoms with van der Waals surface area (Å²) in [6, 6.07) is 13.6. The van der Waals surface area contributed by atoms with E-state index in [1.54, 1.807) is 40.5 Å². The van der Waals surface area contributed by atoms with Crippen LogP contribution in [0.1, 0.15) is 5.69 Å². The molecular weight excluding hydrogens is 404 g/mol. The van der Waals surface area contributed by atoms with Gasteiger partial charge < -0.3 is 0 Å². The van der Waals surface area contributed by atoms with E-state index in [0.29, 0.717) is 10.7 Å². The van der Waals surface area contributed by atoms with E-state index in [-0.39, 0.29) is 5.56 Å². The number of aromatic nitrogens is 4. The molecule has 0 aliphatic heterocycles. The molecule has 0 N–H and O–H groups in total. The number of hydrogen-bond donors (Lipinski definition) is 0. The lowest BCUT2D eigenvalue weighted by Gasteiger charge is -1.97. The van der Waals surface area contributed by atoms with E-state index < -0.39 is 0 Å². The van der Waals surface area contributed by atoms with Gasteiger partial charge in [-0.05, 0) is 23.6 Å². The third kappa shape index (κ3) is 2.96. The minimum absolute atomic E-state index is 0.144. The Morgan fingerprint density at radius 1 is 1.08 bits per heavy atom. The molecular formula is C17H10N4OS4. The lowest BCUT2D eigenvalue weighted by atomic mass is 10.3. The molecule has 128 valence electrons. The van der Waals surface area contributed by atoms with Crippen LogP contribution in [0.5, 0.6) is 0 Å². The first-order valence-electron chi connectivity index (χ1n) is 7.68. The third-order valence-electron chi connectivity index (χ3n) is 3.65. The fourth-order valence-electron chi connectivity index (χ4n) is 2.48. The van der Waals surface area contributed by atoms with Crippen LogP contribution < -0.4 is 5.56 Å².